The molecule has 0 fully saturated rings. The number of nitrogen functional groups attached to an aromatic ring is 1. The highest BCUT2D eigenvalue weighted by Crippen LogP contribution is 2.18. The molecule has 1 heterocycles. The molecule has 0 spiro atoms. The van der Waals surface area contributed by atoms with Crippen molar-refractivity contribution in [1.82, 2.24) is 15.5 Å². The molecule has 0 atom stereocenters. The Kier molecular flexibility index (Phi) is 6.20. The van der Waals surface area contributed by atoms with Crippen molar-refractivity contribution in [2.24, 2.45) is 0 Å². The van der Waals surface area contributed by atoms with Crippen molar-refractivity contribution in [2.45, 2.75) is 32.6 Å². The molecule has 0 saturated heterocycles. The molecule has 0 aliphatic heterocycles. The van der Waals surface area contributed by atoms with Crippen LogP contribution in [0.15, 0.2) is 53.1 Å². The first-order chi connectivity index (χ1) is 13.2. The van der Waals surface area contributed by atoms with Crippen LogP contribution in [-0.2, 0) is 24.1 Å². The average Bonchev–Trinajstić information content (AvgIpc) is 3.17. The Morgan fingerprint density at radius 3 is 2.59 bits per heavy atom. The van der Waals surface area contributed by atoms with Crippen molar-refractivity contribution >= 4 is 11.6 Å². The minimum absolute atomic E-state index is 0.0350. The number of anilines is 1. The smallest absolute Gasteiger partial charge is 0.257 e. The summed E-state index contributed by atoms with van der Waals surface area (Å²) in [6.45, 7) is 2.59. The Morgan fingerprint density at radius 2 is 1.89 bits per heavy atom. The van der Waals surface area contributed by atoms with Gasteiger partial charge in [0.05, 0.1) is 0 Å². The van der Waals surface area contributed by atoms with E-state index in [1.54, 1.807) is 0 Å². The van der Waals surface area contributed by atoms with E-state index < -0.39 is 0 Å². The normalized spacial score (nSPS) is 10.7. The Bertz CT molecular complexity index is 887. The number of carbonyl (C=O) groups excluding carboxylic acids is 1. The Labute approximate surface area is 158 Å². The molecular formula is C21H24N4O2. The van der Waals surface area contributed by atoms with E-state index in [0.717, 1.165) is 35.2 Å². The van der Waals surface area contributed by atoms with Gasteiger partial charge >= 0.3 is 0 Å². The van der Waals surface area contributed by atoms with Gasteiger partial charge in [-0.15, -0.1) is 0 Å². The fourth-order valence-corrected chi connectivity index (χ4v) is 2.77. The van der Waals surface area contributed by atoms with Crippen molar-refractivity contribution in [3.05, 3.63) is 65.5 Å². The van der Waals surface area contributed by atoms with Crippen LogP contribution in [0.3, 0.4) is 0 Å². The molecule has 0 bridgehead atoms. The molecule has 1 amide bonds. The molecule has 0 aliphatic rings. The standard InChI is InChI=1S/C21H24N4O2/c1-2-19-24-21(27-25-19)17-9-7-15(8-10-17)13-14-23-20(26)12-11-16-5-3-4-6-18(16)22/h3-10H,2,11-14,22H2,1H3,(H,23,26). The number of aryl methyl sites for hydroxylation is 2. The average molecular weight is 364 g/mol. The first-order valence-electron chi connectivity index (χ1n) is 9.17. The predicted octanol–water partition coefficient (Wildman–Crippen LogP) is 3.17. The number of carbonyl (C=O) groups is 1. The molecule has 0 aliphatic carbocycles. The minimum atomic E-state index is 0.0350. The van der Waals surface area contributed by atoms with Gasteiger partial charge < -0.3 is 15.6 Å². The highest BCUT2D eigenvalue weighted by Gasteiger charge is 2.08. The minimum Gasteiger partial charge on any atom is -0.399 e. The van der Waals surface area contributed by atoms with E-state index in [2.05, 4.69) is 15.5 Å². The van der Waals surface area contributed by atoms with E-state index in [1.807, 2.05) is 55.5 Å². The van der Waals surface area contributed by atoms with Crippen LogP contribution < -0.4 is 11.1 Å². The summed E-state index contributed by atoms with van der Waals surface area (Å²) in [6, 6.07) is 15.6. The van der Waals surface area contributed by atoms with Gasteiger partial charge in [0, 0.05) is 30.6 Å². The fraction of sp³-hybridized carbons (Fsp3) is 0.286. The van der Waals surface area contributed by atoms with Crippen LogP contribution in [0.4, 0.5) is 5.69 Å². The lowest BCUT2D eigenvalue weighted by Gasteiger charge is -2.07. The molecule has 140 valence electrons. The second-order valence-electron chi connectivity index (χ2n) is 6.37. The SMILES string of the molecule is CCc1noc(-c2ccc(CCNC(=O)CCc3ccccc3N)cc2)n1. The first-order valence-corrected chi connectivity index (χ1v) is 9.17. The van der Waals surface area contributed by atoms with Gasteiger partial charge in [-0.1, -0.05) is 42.4 Å². The van der Waals surface area contributed by atoms with Crippen molar-refractivity contribution in [3.63, 3.8) is 0 Å². The van der Waals surface area contributed by atoms with Crippen molar-refractivity contribution in [2.75, 3.05) is 12.3 Å². The quantitative estimate of drug-likeness (QED) is 0.599. The van der Waals surface area contributed by atoms with Gasteiger partial charge in [0.25, 0.3) is 5.89 Å². The number of amides is 1. The highest BCUT2D eigenvalue weighted by molar-refractivity contribution is 5.76. The second-order valence-corrected chi connectivity index (χ2v) is 6.37. The molecule has 6 heteroatoms. The van der Waals surface area contributed by atoms with Crippen molar-refractivity contribution in [1.29, 1.82) is 0 Å². The lowest BCUT2D eigenvalue weighted by atomic mass is 10.1. The maximum absolute atomic E-state index is 12.0. The van der Waals surface area contributed by atoms with E-state index in [-0.39, 0.29) is 5.91 Å². The van der Waals surface area contributed by atoms with E-state index in [1.165, 1.54) is 0 Å². The third-order valence-corrected chi connectivity index (χ3v) is 4.40. The number of nitrogens with two attached hydrogens (primary N) is 1. The third kappa shape index (κ3) is 5.17. The Balaban J connectivity index is 1.43. The summed E-state index contributed by atoms with van der Waals surface area (Å²) < 4.78 is 5.24. The number of hydrogen-bond donors (Lipinski definition) is 2. The lowest BCUT2D eigenvalue weighted by molar-refractivity contribution is -0.121. The molecule has 3 N–H and O–H groups in total. The lowest BCUT2D eigenvalue weighted by Crippen LogP contribution is -2.25. The molecular weight excluding hydrogens is 340 g/mol. The zero-order valence-corrected chi connectivity index (χ0v) is 15.4. The summed E-state index contributed by atoms with van der Waals surface area (Å²) in [6.07, 6.45) is 2.60. The summed E-state index contributed by atoms with van der Waals surface area (Å²) in [4.78, 5) is 16.3. The van der Waals surface area contributed by atoms with E-state index in [0.29, 0.717) is 31.1 Å². The summed E-state index contributed by atoms with van der Waals surface area (Å²) in [5, 5.41) is 6.86. The number of benzene rings is 2. The summed E-state index contributed by atoms with van der Waals surface area (Å²) >= 11 is 0. The molecule has 6 nitrogen and oxygen atoms in total. The number of hydrogen-bond acceptors (Lipinski definition) is 5. The van der Waals surface area contributed by atoms with Gasteiger partial charge in [0.1, 0.15) is 0 Å². The van der Waals surface area contributed by atoms with Gasteiger partial charge in [-0.3, -0.25) is 4.79 Å². The van der Waals surface area contributed by atoms with Gasteiger partial charge in [-0.25, -0.2) is 0 Å². The van der Waals surface area contributed by atoms with Crippen LogP contribution in [0.1, 0.15) is 30.3 Å². The number of nitrogens with one attached hydrogen (secondary N) is 1. The monoisotopic (exact) mass is 364 g/mol. The van der Waals surface area contributed by atoms with Crippen LogP contribution in [0, 0.1) is 0 Å². The molecule has 3 aromatic rings. The van der Waals surface area contributed by atoms with Crippen LogP contribution in [-0.4, -0.2) is 22.6 Å². The van der Waals surface area contributed by atoms with Crippen LogP contribution in [0.5, 0.6) is 0 Å². The number of aromatic nitrogens is 2. The van der Waals surface area contributed by atoms with Crippen molar-refractivity contribution in [3.8, 4) is 11.5 Å². The third-order valence-electron chi connectivity index (χ3n) is 4.40. The Hall–Kier alpha value is -3.15. The maximum Gasteiger partial charge on any atom is 0.257 e. The summed E-state index contributed by atoms with van der Waals surface area (Å²) in [5.41, 5.74) is 9.68. The molecule has 0 radical (unpaired) electrons. The number of nitrogens with zero attached hydrogens (tertiary/aromatic N) is 2. The summed E-state index contributed by atoms with van der Waals surface area (Å²) in [5.74, 6) is 1.27. The number of para-hydroxylation sites is 1. The molecule has 0 saturated carbocycles. The van der Waals surface area contributed by atoms with Crippen LogP contribution in [0.2, 0.25) is 0 Å². The van der Waals surface area contributed by atoms with E-state index in [9.17, 15) is 4.79 Å². The van der Waals surface area contributed by atoms with Gasteiger partial charge in [-0.2, -0.15) is 4.98 Å². The maximum atomic E-state index is 12.0. The molecule has 1 aromatic heterocycles. The zero-order chi connectivity index (χ0) is 19.1. The fourth-order valence-electron chi connectivity index (χ4n) is 2.77. The zero-order valence-electron chi connectivity index (χ0n) is 15.4. The van der Waals surface area contributed by atoms with Gasteiger partial charge in [0.15, 0.2) is 5.82 Å². The van der Waals surface area contributed by atoms with Crippen LogP contribution >= 0.6 is 0 Å². The van der Waals surface area contributed by atoms with Crippen molar-refractivity contribution < 1.29 is 9.32 Å². The first kappa shape index (κ1) is 18.6. The summed E-state index contributed by atoms with van der Waals surface area (Å²) in [7, 11) is 0. The van der Waals surface area contributed by atoms with Gasteiger partial charge in [-0.05, 0) is 42.2 Å². The predicted molar refractivity (Wildman–Crippen MR) is 105 cm³/mol. The molecule has 27 heavy (non-hydrogen) atoms. The van der Waals surface area contributed by atoms with Crippen LogP contribution in [0.25, 0.3) is 11.5 Å². The highest BCUT2D eigenvalue weighted by atomic mass is 16.5. The van der Waals surface area contributed by atoms with E-state index >= 15 is 0 Å². The largest absolute Gasteiger partial charge is 0.399 e. The number of rotatable bonds is 8. The molecule has 2 aromatic carbocycles. The molecule has 0 unspecified atom stereocenters. The van der Waals surface area contributed by atoms with E-state index in [4.69, 9.17) is 10.3 Å². The van der Waals surface area contributed by atoms with Gasteiger partial charge in [0.2, 0.25) is 5.91 Å². The topological polar surface area (TPSA) is 94.0 Å². The second kappa shape index (κ2) is 8.98. The Morgan fingerprint density at radius 1 is 1.11 bits per heavy atom. The molecule has 3 rings (SSSR count).